The van der Waals surface area contributed by atoms with Crippen LogP contribution in [0.25, 0.3) is 0 Å². The molecule has 1 aromatic carbocycles. The van der Waals surface area contributed by atoms with Crippen LogP contribution in [0.15, 0.2) is 30.3 Å². The summed E-state index contributed by atoms with van der Waals surface area (Å²) in [6.07, 6.45) is 1.04. The normalized spacial score (nSPS) is 23.3. The highest BCUT2D eigenvalue weighted by Gasteiger charge is 2.37. The fourth-order valence-electron chi connectivity index (χ4n) is 8.39. The van der Waals surface area contributed by atoms with Gasteiger partial charge in [0.15, 0.2) is 0 Å². The van der Waals surface area contributed by atoms with Crippen molar-refractivity contribution in [3.05, 3.63) is 35.9 Å². The van der Waals surface area contributed by atoms with Crippen LogP contribution in [0.5, 0.6) is 0 Å². The molecule has 0 aliphatic carbocycles. The van der Waals surface area contributed by atoms with Crippen molar-refractivity contribution in [2.24, 2.45) is 23.1 Å². The molecule has 77 heavy (non-hydrogen) atoms. The minimum atomic E-state index is -1.63. The van der Waals surface area contributed by atoms with Crippen molar-refractivity contribution in [2.45, 2.75) is 198 Å². The lowest BCUT2D eigenvalue weighted by Crippen LogP contribution is -2.61. The Morgan fingerprint density at radius 1 is 0.610 bits per heavy atom. The van der Waals surface area contributed by atoms with Crippen LogP contribution < -0.4 is 70.4 Å². The van der Waals surface area contributed by atoms with Crippen molar-refractivity contribution in [1.29, 1.82) is 0 Å². The highest BCUT2D eigenvalue weighted by Crippen LogP contribution is 2.12. The van der Waals surface area contributed by atoms with Crippen molar-refractivity contribution >= 4 is 59.1 Å². The summed E-state index contributed by atoms with van der Waals surface area (Å²) in [4.78, 5) is 139. The maximum atomic E-state index is 14.4. The van der Waals surface area contributed by atoms with Gasteiger partial charge in [0.2, 0.25) is 59.1 Å². The van der Waals surface area contributed by atoms with Crippen molar-refractivity contribution in [1.82, 2.24) is 53.2 Å². The van der Waals surface area contributed by atoms with Gasteiger partial charge in [-0.05, 0) is 96.3 Å². The second-order valence-corrected chi connectivity index (χ2v) is 20.0. The van der Waals surface area contributed by atoms with E-state index in [1.54, 1.807) is 51.1 Å². The lowest BCUT2D eigenvalue weighted by Gasteiger charge is -2.28. The molecule has 434 valence electrons. The maximum absolute atomic E-state index is 14.4. The van der Waals surface area contributed by atoms with Gasteiger partial charge in [-0.3, -0.25) is 47.9 Å². The van der Waals surface area contributed by atoms with Gasteiger partial charge in [-0.2, -0.15) is 0 Å². The van der Waals surface area contributed by atoms with E-state index in [9.17, 15) is 58.2 Å². The lowest BCUT2D eigenvalue weighted by molar-refractivity contribution is -0.136. The van der Waals surface area contributed by atoms with Gasteiger partial charge in [0.25, 0.3) is 0 Å². The molecule has 2 rings (SSSR count). The zero-order chi connectivity index (χ0) is 57.6. The number of nitrogens with one attached hydrogen (secondary N) is 10. The van der Waals surface area contributed by atoms with Crippen molar-refractivity contribution < 1.29 is 58.2 Å². The summed E-state index contributed by atoms with van der Waals surface area (Å²) in [7, 11) is 0. The van der Waals surface area contributed by atoms with Crippen LogP contribution in [0, 0.1) is 5.92 Å². The number of benzene rings is 1. The van der Waals surface area contributed by atoms with Crippen LogP contribution in [0.3, 0.4) is 0 Å². The number of carbonyl (C=O) groups excluding carboxylic acids is 10. The highest BCUT2D eigenvalue weighted by molar-refractivity contribution is 5.99. The summed E-state index contributed by atoms with van der Waals surface area (Å²) in [6.45, 7) is 9.24. The number of rotatable bonds is 25. The number of hydrogen-bond donors (Lipinski definition) is 15. The van der Waals surface area contributed by atoms with E-state index in [2.05, 4.69) is 60.1 Å². The van der Waals surface area contributed by atoms with E-state index in [0.29, 0.717) is 12.0 Å². The number of aliphatic hydroxyl groups is 2. The molecule has 0 spiro atoms. The summed E-state index contributed by atoms with van der Waals surface area (Å²) >= 11 is 0. The Hall–Kier alpha value is -6.28. The largest absolute Gasteiger partial charge is 0.391 e. The zero-order valence-corrected chi connectivity index (χ0v) is 45.8. The topological polar surface area (TPSA) is 410 Å². The molecule has 10 amide bonds. The van der Waals surface area contributed by atoms with Gasteiger partial charge in [0.1, 0.15) is 54.4 Å². The molecule has 25 heteroatoms. The van der Waals surface area contributed by atoms with Gasteiger partial charge in [-0.15, -0.1) is 0 Å². The Morgan fingerprint density at radius 3 is 1.69 bits per heavy atom. The van der Waals surface area contributed by atoms with Gasteiger partial charge in [-0.25, -0.2) is 0 Å². The molecule has 1 heterocycles. The number of amides is 10. The lowest BCUT2D eigenvalue weighted by atomic mass is 10.00. The monoisotopic (exact) mass is 1090 g/mol. The number of unbranched alkanes of at least 4 members (excludes halogenated alkanes) is 4. The number of hydrogen-bond acceptors (Lipinski definition) is 15. The standard InChI is InChI=1S/C52H89N13O12/c1-7-9-10-11-15-20-41(68)64-43(32(6)67)52(77)57-34(8-2)44(69)61-38-23-27-56-51(76)42(31(5)66)65-48(73)35(19-16-24-53)58-45(70)36(21-25-54)60-49(74)39(28-30(3)4)62-50(75)40(29-33-17-13-12-14-18-33)63-46(71)37(22-26-55)59-47(38)72/h12-14,17-18,30-32,34-40,42-43,66-67H,7-11,15-16,19-29,53-55H2,1-6H3,(H,56,76)(H,57,77)(H,58,70)(H,59,72)(H,60,74)(H,61,69)(H,62,75)(H,63,71)(H,64,68)(H,65,73)/t31-,32-,34+,35+,36+,37+,38+,39+,40-,42+,43+/m1/s1. The molecule has 0 aromatic heterocycles. The predicted octanol–water partition coefficient (Wildman–Crippen LogP) is -2.87. The molecule has 1 saturated heterocycles. The summed E-state index contributed by atoms with van der Waals surface area (Å²) in [5.74, 6) is -8.48. The summed E-state index contributed by atoms with van der Waals surface area (Å²) in [5, 5.41) is 47.2. The Bertz CT molecular complexity index is 2060. The van der Waals surface area contributed by atoms with E-state index < -0.39 is 132 Å². The third-order valence-electron chi connectivity index (χ3n) is 12.8. The minimum Gasteiger partial charge on any atom is -0.391 e. The molecule has 18 N–H and O–H groups in total. The zero-order valence-electron chi connectivity index (χ0n) is 45.8. The fourth-order valence-corrected chi connectivity index (χ4v) is 8.39. The van der Waals surface area contributed by atoms with Gasteiger partial charge in [0, 0.05) is 19.4 Å². The van der Waals surface area contributed by atoms with Crippen molar-refractivity contribution in [2.75, 3.05) is 26.2 Å². The average Bonchev–Trinajstić information content (AvgIpc) is 3.38. The third kappa shape index (κ3) is 24.3. The summed E-state index contributed by atoms with van der Waals surface area (Å²) in [5.41, 5.74) is 18.2. The molecule has 0 radical (unpaired) electrons. The van der Waals surface area contributed by atoms with Crippen LogP contribution >= 0.6 is 0 Å². The van der Waals surface area contributed by atoms with Gasteiger partial charge < -0.3 is 80.6 Å². The molecule has 11 atom stereocenters. The first-order chi connectivity index (χ1) is 36.6. The minimum absolute atomic E-state index is 0.0274. The first-order valence-electron chi connectivity index (χ1n) is 27.1. The van der Waals surface area contributed by atoms with Crippen LogP contribution in [0.1, 0.15) is 131 Å². The first-order valence-corrected chi connectivity index (χ1v) is 27.1. The van der Waals surface area contributed by atoms with E-state index in [-0.39, 0.29) is 83.3 Å². The molecule has 1 aromatic rings. The fraction of sp³-hybridized carbons (Fsp3) is 0.692. The Balaban J connectivity index is 2.69. The van der Waals surface area contributed by atoms with Crippen molar-refractivity contribution in [3.63, 3.8) is 0 Å². The van der Waals surface area contributed by atoms with Crippen LogP contribution in [-0.2, 0) is 54.4 Å². The van der Waals surface area contributed by atoms with Crippen LogP contribution in [0.2, 0.25) is 0 Å². The second kappa shape index (κ2) is 35.9. The van der Waals surface area contributed by atoms with E-state index in [4.69, 9.17) is 17.2 Å². The van der Waals surface area contributed by atoms with Crippen molar-refractivity contribution in [3.8, 4) is 0 Å². The molecule has 0 bridgehead atoms. The third-order valence-corrected chi connectivity index (χ3v) is 12.8. The second-order valence-electron chi connectivity index (χ2n) is 20.0. The molecule has 0 unspecified atom stereocenters. The van der Waals surface area contributed by atoms with Gasteiger partial charge >= 0.3 is 0 Å². The van der Waals surface area contributed by atoms with E-state index in [1.807, 2.05) is 0 Å². The first kappa shape index (κ1) is 66.8. The van der Waals surface area contributed by atoms with Gasteiger partial charge in [0.05, 0.1) is 12.2 Å². The summed E-state index contributed by atoms with van der Waals surface area (Å²) in [6, 6.07) is -4.06. The van der Waals surface area contributed by atoms with Crippen LogP contribution in [-0.4, -0.2) is 162 Å². The molecule has 1 aliphatic rings. The number of carbonyl (C=O) groups is 10. The molecular weight excluding hydrogens is 999 g/mol. The Labute approximate surface area is 452 Å². The van der Waals surface area contributed by atoms with E-state index >= 15 is 0 Å². The van der Waals surface area contributed by atoms with E-state index in [0.717, 1.165) is 25.7 Å². The SMILES string of the molecule is CCCCCCCC(=O)N[C@H](C(=O)N[C@@H](CC)C(=O)N[C@H]1CCNC(=O)[C@H]([C@@H](C)O)NC(=O)[C@H](CCCN)NC(=O)[C@H](CCN)NC(=O)[C@H](CC(C)C)NC(=O)[C@@H](Cc2ccccc2)NC(=O)[C@H](CCN)NC1=O)[C@@H](C)O. The molecule has 1 fully saturated rings. The molecule has 25 nitrogen and oxygen atoms in total. The smallest absolute Gasteiger partial charge is 0.245 e. The number of aliphatic hydroxyl groups excluding tert-OH is 2. The van der Waals surface area contributed by atoms with E-state index in [1.165, 1.54) is 13.8 Å². The Morgan fingerprint density at radius 2 is 1.14 bits per heavy atom. The Kier molecular flexibility index (Phi) is 31.2. The highest BCUT2D eigenvalue weighted by atomic mass is 16.3. The maximum Gasteiger partial charge on any atom is 0.245 e. The predicted molar refractivity (Wildman–Crippen MR) is 287 cm³/mol. The van der Waals surface area contributed by atoms with Crippen LogP contribution in [0.4, 0.5) is 0 Å². The van der Waals surface area contributed by atoms with Gasteiger partial charge in [-0.1, -0.05) is 83.7 Å². The average molecular weight is 1090 g/mol. The quantitative estimate of drug-likeness (QED) is 0.0438. The number of nitrogens with two attached hydrogens (primary N) is 3. The molecular formula is C52H89N13O12. The molecule has 0 saturated carbocycles. The molecule has 1 aliphatic heterocycles. The summed E-state index contributed by atoms with van der Waals surface area (Å²) < 4.78 is 0.